The third-order valence-corrected chi connectivity index (χ3v) is 6.85. The Morgan fingerprint density at radius 1 is 0.967 bits per heavy atom. The second kappa shape index (κ2) is 9.13. The summed E-state index contributed by atoms with van der Waals surface area (Å²) in [6, 6.07) is 23.0. The maximum absolute atomic E-state index is 13.1. The fourth-order valence-electron chi connectivity index (χ4n) is 3.20. The second-order valence-corrected chi connectivity index (χ2v) is 9.15. The van der Waals surface area contributed by atoms with Crippen molar-refractivity contribution in [3.05, 3.63) is 95.6 Å². The molecule has 5 nitrogen and oxygen atoms in total. The molecule has 3 aromatic rings. The van der Waals surface area contributed by atoms with Gasteiger partial charge in [0, 0.05) is 12.6 Å². The van der Waals surface area contributed by atoms with Crippen LogP contribution in [0, 0.1) is 6.92 Å². The number of rotatable bonds is 7. The van der Waals surface area contributed by atoms with E-state index < -0.39 is 10.0 Å². The molecule has 0 aliphatic heterocycles. The Kier molecular flexibility index (Phi) is 6.57. The molecule has 3 aromatic carbocycles. The fraction of sp³-hybridized carbons (Fsp3) is 0.208. The molecule has 0 aliphatic rings. The Morgan fingerprint density at radius 3 is 2.27 bits per heavy atom. The van der Waals surface area contributed by atoms with E-state index in [1.165, 1.54) is 23.5 Å². The molecule has 1 N–H and O–H groups in total. The predicted octanol–water partition coefficient (Wildman–Crippen LogP) is 4.70. The highest BCUT2D eigenvalue weighted by Crippen LogP contribution is 2.23. The number of carbonyl (C=O) groups is 1. The van der Waals surface area contributed by atoms with Gasteiger partial charge >= 0.3 is 0 Å². The Hall–Kier alpha value is -3.12. The summed E-state index contributed by atoms with van der Waals surface area (Å²) in [7, 11) is -2.28. The summed E-state index contributed by atoms with van der Waals surface area (Å²) in [5.74, 6) is -0.305. The molecule has 0 saturated carbocycles. The van der Waals surface area contributed by atoms with Crippen LogP contribution in [-0.4, -0.2) is 21.4 Å². The Bertz CT molecular complexity index is 1110. The van der Waals surface area contributed by atoms with Crippen LogP contribution >= 0.6 is 0 Å². The minimum absolute atomic E-state index is 0.0750. The van der Waals surface area contributed by atoms with Crippen molar-refractivity contribution < 1.29 is 13.2 Å². The molecule has 0 spiro atoms. The zero-order valence-corrected chi connectivity index (χ0v) is 18.2. The van der Waals surface area contributed by atoms with Crippen molar-refractivity contribution >= 4 is 21.6 Å². The molecule has 0 aliphatic carbocycles. The highest BCUT2D eigenvalue weighted by Gasteiger charge is 2.23. The minimum atomic E-state index is -3.79. The van der Waals surface area contributed by atoms with Gasteiger partial charge in [0.2, 0.25) is 0 Å². The molecule has 0 fully saturated rings. The van der Waals surface area contributed by atoms with Gasteiger partial charge in [-0.05, 0) is 49.2 Å². The quantitative estimate of drug-likeness (QED) is 0.600. The van der Waals surface area contributed by atoms with Crippen molar-refractivity contribution in [2.24, 2.45) is 0 Å². The van der Waals surface area contributed by atoms with E-state index in [2.05, 4.69) is 5.32 Å². The number of amides is 1. The molecule has 3 rings (SSSR count). The highest BCUT2D eigenvalue weighted by molar-refractivity contribution is 7.92. The van der Waals surface area contributed by atoms with Crippen molar-refractivity contribution in [2.75, 3.05) is 11.4 Å². The topological polar surface area (TPSA) is 66.5 Å². The summed E-state index contributed by atoms with van der Waals surface area (Å²) in [5, 5.41) is 3.00. The highest BCUT2D eigenvalue weighted by atomic mass is 32.2. The Labute approximate surface area is 178 Å². The fourth-order valence-corrected chi connectivity index (χ4v) is 4.44. The first-order chi connectivity index (χ1) is 14.3. The number of nitrogens with one attached hydrogen (secondary N) is 1. The molecule has 30 heavy (non-hydrogen) atoms. The monoisotopic (exact) mass is 422 g/mol. The van der Waals surface area contributed by atoms with E-state index in [0.717, 1.165) is 17.5 Å². The van der Waals surface area contributed by atoms with Crippen molar-refractivity contribution in [1.82, 2.24) is 5.32 Å². The first-order valence-corrected chi connectivity index (χ1v) is 11.3. The lowest BCUT2D eigenvalue weighted by Gasteiger charge is -2.20. The molecule has 0 radical (unpaired) electrons. The van der Waals surface area contributed by atoms with Crippen molar-refractivity contribution in [2.45, 2.75) is 31.2 Å². The van der Waals surface area contributed by atoms with Gasteiger partial charge in [0.15, 0.2) is 0 Å². The molecular formula is C24H26N2O3S. The number of sulfonamides is 1. The van der Waals surface area contributed by atoms with Crippen LogP contribution in [0.2, 0.25) is 0 Å². The minimum Gasteiger partial charge on any atom is -0.345 e. The van der Waals surface area contributed by atoms with E-state index in [1.54, 1.807) is 24.3 Å². The van der Waals surface area contributed by atoms with Crippen LogP contribution in [0.5, 0.6) is 0 Å². The SMILES string of the molecule is CC[C@H](NC(=O)c1cccc(S(=O)(=O)N(C)c2ccc(C)cc2)c1)c1ccccc1. The average molecular weight is 423 g/mol. The summed E-state index contributed by atoms with van der Waals surface area (Å²) in [4.78, 5) is 12.9. The van der Waals surface area contributed by atoms with Crippen LogP contribution in [0.4, 0.5) is 5.69 Å². The van der Waals surface area contributed by atoms with Gasteiger partial charge in [0.25, 0.3) is 15.9 Å². The molecule has 0 bridgehead atoms. The predicted molar refractivity (Wildman–Crippen MR) is 120 cm³/mol. The number of carbonyl (C=O) groups excluding carboxylic acids is 1. The van der Waals surface area contributed by atoms with E-state index in [4.69, 9.17) is 0 Å². The lowest BCUT2D eigenvalue weighted by atomic mass is 10.0. The van der Waals surface area contributed by atoms with Crippen LogP contribution in [0.3, 0.4) is 0 Å². The summed E-state index contributed by atoms with van der Waals surface area (Å²) in [6.07, 6.45) is 0.726. The maximum atomic E-state index is 13.1. The van der Waals surface area contributed by atoms with Crippen LogP contribution < -0.4 is 9.62 Å². The van der Waals surface area contributed by atoms with E-state index in [-0.39, 0.29) is 16.8 Å². The third kappa shape index (κ3) is 4.71. The number of anilines is 1. The van der Waals surface area contributed by atoms with Crippen LogP contribution in [-0.2, 0) is 10.0 Å². The van der Waals surface area contributed by atoms with Crippen LogP contribution in [0.25, 0.3) is 0 Å². The second-order valence-electron chi connectivity index (χ2n) is 7.18. The average Bonchev–Trinajstić information content (AvgIpc) is 2.78. The number of benzene rings is 3. The summed E-state index contributed by atoms with van der Waals surface area (Å²) < 4.78 is 27.4. The van der Waals surface area contributed by atoms with Gasteiger partial charge in [-0.15, -0.1) is 0 Å². The van der Waals surface area contributed by atoms with Gasteiger partial charge in [-0.2, -0.15) is 0 Å². The zero-order valence-electron chi connectivity index (χ0n) is 17.4. The van der Waals surface area contributed by atoms with Gasteiger partial charge < -0.3 is 5.32 Å². The molecule has 1 atom stereocenters. The van der Waals surface area contributed by atoms with Crippen LogP contribution in [0.1, 0.15) is 40.9 Å². The first-order valence-electron chi connectivity index (χ1n) is 9.84. The molecule has 0 heterocycles. The van der Waals surface area contributed by atoms with Gasteiger partial charge in [-0.25, -0.2) is 8.42 Å². The summed E-state index contributed by atoms with van der Waals surface area (Å²) in [6.45, 7) is 3.94. The van der Waals surface area contributed by atoms with Gasteiger partial charge in [-0.3, -0.25) is 9.10 Å². The van der Waals surface area contributed by atoms with Crippen molar-refractivity contribution in [3.8, 4) is 0 Å². The van der Waals surface area contributed by atoms with E-state index in [9.17, 15) is 13.2 Å². The van der Waals surface area contributed by atoms with Gasteiger partial charge in [0.05, 0.1) is 16.6 Å². The third-order valence-electron chi connectivity index (χ3n) is 5.07. The molecule has 156 valence electrons. The van der Waals surface area contributed by atoms with E-state index in [1.807, 2.05) is 56.3 Å². The largest absolute Gasteiger partial charge is 0.345 e. The molecule has 0 saturated heterocycles. The van der Waals surface area contributed by atoms with Crippen molar-refractivity contribution in [3.63, 3.8) is 0 Å². The van der Waals surface area contributed by atoms with Gasteiger partial charge in [-0.1, -0.05) is 61.0 Å². The zero-order chi connectivity index (χ0) is 21.7. The molecular weight excluding hydrogens is 396 g/mol. The van der Waals surface area contributed by atoms with Crippen molar-refractivity contribution in [1.29, 1.82) is 0 Å². The maximum Gasteiger partial charge on any atom is 0.264 e. The normalized spacial score (nSPS) is 12.2. The number of aryl methyl sites for hydroxylation is 1. The van der Waals surface area contributed by atoms with E-state index >= 15 is 0 Å². The number of hydrogen-bond acceptors (Lipinski definition) is 3. The summed E-state index contributed by atoms with van der Waals surface area (Å²) in [5.41, 5.74) is 2.93. The Balaban J connectivity index is 1.84. The lowest BCUT2D eigenvalue weighted by molar-refractivity contribution is 0.0935. The summed E-state index contributed by atoms with van der Waals surface area (Å²) >= 11 is 0. The van der Waals surface area contributed by atoms with E-state index in [0.29, 0.717) is 11.3 Å². The van der Waals surface area contributed by atoms with Gasteiger partial charge in [0.1, 0.15) is 0 Å². The lowest BCUT2D eigenvalue weighted by Crippen LogP contribution is -2.29. The first kappa shape index (κ1) is 21.6. The number of hydrogen-bond donors (Lipinski definition) is 1. The molecule has 0 aromatic heterocycles. The smallest absolute Gasteiger partial charge is 0.264 e. The molecule has 6 heteroatoms. The molecule has 0 unspecified atom stereocenters. The Morgan fingerprint density at radius 2 is 1.63 bits per heavy atom. The number of nitrogens with zero attached hydrogens (tertiary/aromatic N) is 1. The van der Waals surface area contributed by atoms with Crippen LogP contribution in [0.15, 0.2) is 83.8 Å². The standard InChI is InChI=1S/C24H26N2O3S/c1-4-23(19-9-6-5-7-10-19)25-24(27)20-11-8-12-22(17-20)30(28,29)26(3)21-15-13-18(2)14-16-21/h5-17,23H,4H2,1-3H3,(H,25,27)/t23-/m0/s1. The molecule has 1 amide bonds.